The number of aliphatic hydroxyl groups excluding tert-OH is 2. The fourth-order valence-corrected chi connectivity index (χ4v) is 2.47. The highest BCUT2D eigenvalue weighted by molar-refractivity contribution is 5.69. The molecular formula is C14H23N5O4. The SMILES string of the molecule is CC[C@@H](CO)NC[C@@H](O)Cn1cnc2c1c(=O)n(C)c(=O)n2C. The summed E-state index contributed by atoms with van der Waals surface area (Å²) >= 11 is 0. The number of hydrogen-bond acceptors (Lipinski definition) is 6. The molecule has 128 valence electrons. The van der Waals surface area contributed by atoms with Crippen LogP contribution in [-0.2, 0) is 20.6 Å². The molecule has 2 heterocycles. The summed E-state index contributed by atoms with van der Waals surface area (Å²) in [5, 5.41) is 22.3. The van der Waals surface area contributed by atoms with Gasteiger partial charge in [0.2, 0.25) is 0 Å². The molecule has 0 saturated heterocycles. The van der Waals surface area contributed by atoms with Gasteiger partial charge in [-0.1, -0.05) is 6.92 Å². The summed E-state index contributed by atoms with van der Waals surface area (Å²) in [6, 6.07) is -0.0714. The van der Waals surface area contributed by atoms with Crippen molar-refractivity contribution in [2.24, 2.45) is 14.1 Å². The second-order valence-electron chi connectivity index (χ2n) is 5.62. The van der Waals surface area contributed by atoms with Crippen LogP contribution in [0.5, 0.6) is 0 Å². The van der Waals surface area contributed by atoms with Gasteiger partial charge in [0.1, 0.15) is 0 Å². The molecule has 2 aromatic rings. The first-order valence-corrected chi connectivity index (χ1v) is 7.53. The van der Waals surface area contributed by atoms with Gasteiger partial charge in [-0.15, -0.1) is 0 Å². The number of nitrogens with zero attached hydrogens (tertiary/aromatic N) is 4. The minimum Gasteiger partial charge on any atom is -0.395 e. The summed E-state index contributed by atoms with van der Waals surface area (Å²) in [6.07, 6.45) is 1.44. The number of aryl methyl sites for hydroxylation is 1. The Kier molecular flexibility index (Phi) is 5.34. The van der Waals surface area contributed by atoms with Crippen LogP contribution in [-0.4, -0.2) is 54.2 Å². The number of aliphatic hydroxyl groups is 2. The first-order valence-electron chi connectivity index (χ1n) is 7.53. The first-order chi connectivity index (χ1) is 10.9. The Labute approximate surface area is 132 Å². The van der Waals surface area contributed by atoms with Crippen LogP contribution in [0.15, 0.2) is 15.9 Å². The second kappa shape index (κ2) is 7.07. The highest BCUT2D eigenvalue weighted by Crippen LogP contribution is 2.06. The smallest absolute Gasteiger partial charge is 0.332 e. The maximum absolute atomic E-state index is 12.3. The molecule has 23 heavy (non-hydrogen) atoms. The van der Waals surface area contributed by atoms with Crippen LogP contribution in [0, 0.1) is 0 Å². The van der Waals surface area contributed by atoms with Crippen LogP contribution in [0.4, 0.5) is 0 Å². The third-order valence-corrected chi connectivity index (χ3v) is 3.98. The van der Waals surface area contributed by atoms with Crippen LogP contribution in [0.2, 0.25) is 0 Å². The van der Waals surface area contributed by atoms with E-state index in [0.29, 0.717) is 5.65 Å². The molecule has 2 aromatic heterocycles. The van der Waals surface area contributed by atoms with Crippen molar-refractivity contribution in [3.63, 3.8) is 0 Å². The monoisotopic (exact) mass is 325 g/mol. The van der Waals surface area contributed by atoms with Crippen molar-refractivity contribution < 1.29 is 10.2 Å². The topological polar surface area (TPSA) is 114 Å². The zero-order valence-corrected chi connectivity index (χ0v) is 13.6. The molecule has 0 unspecified atom stereocenters. The lowest BCUT2D eigenvalue weighted by molar-refractivity contribution is 0.140. The van der Waals surface area contributed by atoms with Crippen molar-refractivity contribution in [1.29, 1.82) is 0 Å². The maximum Gasteiger partial charge on any atom is 0.332 e. The van der Waals surface area contributed by atoms with E-state index in [1.54, 1.807) is 11.6 Å². The third kappa shape index (κ3) is 3.36. The predicted octanol–water partition coefficient (Wildman–Crippen LogP) is -1.84. The molecule has 0 spiro atoms. The molecule has 2 atom stereocenters. The molecule has 9 heteroatoms. The van der Waals surface area contributed by atoms with Gasteiger partial charge < -0.3 is 20.1 Å². The minimum atomic E-state index is -0.755. The largest absolute Gasteiger partial charge is 0.395 e. The summed E-state index contributed by atoms with van der Waals surface area (Å²) < 4.78 is 3.87. The van der Waals surface area contributed by atoms with Crippen LogP contribution < -0.4 is 16.6 Å². The average molecular weight is 325 g/mol. The molecule has 9 nitrogen and oxygen atoms in total. The zero-order chi connectivity index (χ0) is 17.1. The van der Waals surface area contributed by atoms with Crippen LogP contribution in [0.1, 0.15) is 13.3 Å². The van der Waals surface area contributed by atoms with E-state index in [4.69, 9.17) is 5.11 Å². The number of aromatic nitrogens is 4. The van der Waals surface area contributed by atoms with Gasteiger partial charge in [0.05, 0.1) is 25.6 Å². The Balaban J connectivity index is 2.25. The van der Waals surface area contributed by atoms with Gasteiger partial charge in [-0.25, -0.2) is 9.78 Å². The van der Waals surface area contributed by atoms with Gasteiger partial charge in [-0.3, -0.25) is 13.9 Å². The van der Waals surface area contributed by atoms with Crippen molar-refractivity contribution >= 4 is 11.2 Å². The Bertz CT molecular complexity index is 787. The van der Waals surface area contributed by atoms with Crippen LogP contribution in [0.25, 0.3) is 11.2 Å². The first kappa shape index (κ1) is 17.4. The molecule has 0 aliphatic rings. The van der Waals surface area contributed by atoms with E-state index in [1.807, 2.05) is 6.92 Å². The quantitative estimate of drug-likeness (QED) is 0.551. The number of fused-ring (bicyclic) bond motifs is 1. The van der Waals surface area contributed by atoms with Gasteiger partial charge in [-0.2, -0.15) is 0 Å². The lowest BCUT2D eigenvalue weighted by atomic mass is 10.2. The second-order valence-corrected chi connectivity index (χ2v) is 5.62. The lowest BCUT2D eigenvalue weighted by Crippen LogP contribution is -2.40. The van der Waals surface area contributed by atoms with E-state index >= 15 is 0 Å². The van der Waals surface area contributed by atoms with Crippen LogP contribution in [0.3, 0.4) is 0 Å². The molecule has 2 rings (SSSR count). The number of hydrogen-bond donors (Lipinski definition) is 3. The molecule has 0 amide bonds. The molecule has 0 aliphatic heterocycles. The molecule has 0 fully saturated rings. The van der Waals surface area contributed by atoms with E-state index in [1.165, 1.54) is 17.9 Å². The molecule has 0 saturated carbocycles. The fourth-order valence-electron chi connectivity index (χ4n) is 2.47. The molecule has 3 N–H and O–H groups in total. The van der Waals surface area contributed by atoms with Crippen molar-refractivity contribution in [3.8, 4) is 0 Å². The zero-order valence-electron chi connectivity index (χ0n) is 13.6. The van der Waals surface area contributed by atoms with Gasteiger partial charge >= 0.3 is 5.69 Å². The predicted molar refractivity (Wildman–Crippen MR) is 85.4 cm³/mol. The van der Waals surface area contributed by atoms with Gasteiger partial charge in [0.25, 0.3) is 5.56 Å². The Morgan fingerprint density at radius 3 is 2.61 bits per heavy atom. The normalized spacial score (nSPS) is 14.3. The lowest BCUT2D eigenvalue weighted by Gasteiger charge is -2.18. The number of rotatable bonds is 7. The third-order valence-electron chi connectivity index (χ3n) is 3.98. The summed E-state index contributed by atoms with van der Waals surface area (Å²) in [7, 11) is 2.96. The number of imidazole rings is 1. The van der Waals surface area contributed by atoms with E-state index < -0.39 is 17.4 Å². The van der Waals surface area contributed by atoms with Crippen molar-refractivity contribution in [2.45, 2.75) is 32.0 Å². The van der Waals surface area contributed by atoms with Crippen molar-refractivity contribution in [3.05, 3.63) is 27.2 Å². The number of nitrogens with one attached hydrogen (secondary N) is 1. The van der Waals surface area contributed by atoms with Crippen molar-refractivity contribution in [2.75, 3.05) is 13.2 Å². The molecular weight excluding hydrogens is 302 g/mol. The standard InChI is InChI=1S/C14H23N5O4/c1-4-9(7-20)15-5-10(21)6-19-8-16-12-11(19)13(22)18(3)14(23)17(12)2/h8-10,15,20-21H,4-7H2,1-3H3/t9-,10+/m0/s1. The maximum atomic E-state index is 12.3. The highest BCUT2D eigenvalue weighted by Gasteiger charge is 2.16. The van der Waals surface area contributed by atoms with Gasteiger partial charge in [0, 0.05) is 26.7 Å². The van der Waals surface area contributed by atoms with Crippen LogP contribution >= 0.6 is 0 Å². The Morgan fingerprint density at radius 1 is 1.30 bits per heavy atom. The molecule has 0 aliphatic carbocycles. The Hall–Kier alpha value is -1.97. The average Bonchev–Trinajstić information content (AvgIpc) is 2.95. The fraction of sp³-hybridized carbons (Fsp3) is 0.643. The minimum absolute atomic E-state index is 0.000119. The van der Waals surface area contributed by atoms with Gasteiger partial charge in [0.15, 0.2) is 11.2 Å². The van der Waals surface area contributed by atoms with E-state index in [2.05, 4.69) is 10.3 Å². The Morgan fingerprint density at radius 2 is 2.00 bits per heavy atom. The van der Waals surface area contributed by atoms with Gasteiger partial charge in [-0.05, 0) is 6.42 Å². The highest BCUT2D eigenvalue weighted by atomic mass is 16.3. The summed E-state index contributed by atoms with van der Waals surface area (Å²) in [6.45, 7) is 2.39. The van der Waals surface area contributed by atoms with Crippen molar-refractivity contribution in [1.82, 2.24) is 24.0 Å². The van der Waals surface area contributed by atoms with E-state index in [-0.39, 0.29) is 31.3 Å². The molecule has 0 radical (unpaired) electrons. The summed E-state index contributed by atoms with van der Waals surface area (Å²) in [5.74, 6) is 0. The summed E-state index contributed by atoms with van der Waals surface area (Å²) in [5.41, 5.74) is -0.311. The molecule has 0 aromatic carbocycles. The van der Waals surface area contributed by atoms with E-state index in [9.17, 15) is 14.7 Å². The molecule has 0 bridgehead atoms. The van der Waals surface area contributed by atoms with E-state index in [0.717, 1.165) is 11.0 Å². The summed E-state index contributed by atoms with van der Waals surface area (Å²) in [4.78, 5) is 28.3.